The normalized spacial score (nSPS) is 11.4. The Labute approximate surface area is 124 Å². The van der Waals surface area contributed by atoms with E-state index in [4.69, 9.17) is 4.74 Å². The second kappa shape index (κ2) is 8.36. The van der Waals surface area contributed by atoms with Crippen LogP contribution in [0.5, 0.6) is 11.5 Å². The summed E-state index contributed by atoms with van der Waals surface area (Å²) in [6, 6.07) is 4.15. The van der Waals surface area contributed by atoms with Crippen molar-refractivity contribution < 1.29 is 22.6 Å². The molecule has 1 N–H and O–H groups in total. The molecule has 0 heterocycles. The fraction of sp³-hybridized carbons (Fsp3) is 0.538. The number of hydrogen-bond donors (Lipinski definition) is 1. The zero-order chi connectivity index (χ0) is 15.0. The van der Waals surface area contributed by atoms with Crippen LogP contribution in [-0.4, -0.2) is 26.6 Å². The van der Waals surface area contributed by atoms with E-state index in [2.05, 4.69) is 26.0 Å². The first-order valence-electron chi connectivity index (χ1n) is 6.25. The first kappa shape index (κ1) is 17.1. The highest BCUT2D eigenvalue weighted by Crippen LogP contribution is 2.33. The molecule has 0 fully saturated rings. The van der Waals surface area contributed by atoms with Gasteiger partial charge >= 0.3 is 6.36 Å². The van der Waals surface area contributed by atoms with Crippen molar-refractivity contribution in [3.8, 4) is 11.5 Å². The quantitative estimate of drug-likeness (QED) is 0.711. The van der Waals surface area contributed by atoms with Gasteiger partial charge in [-0.15, -0.1) is 13.2 Å². The number of alkyl halides is 3. The molecule has 0 amide bonds. The minimum atomic E-state index is -4.70. The third-order valence-electron chi connectivity index (χ3n) is 2.47. The maximum absolute atomic E-state index is 12.1. The molecule has 0 aromatic heterocycles. The van der Waals surface area contributed by atoms with Crippen molar-refractivity contribution >= 4 is 15.9 Å². The van der Waals surface area contributed by atoms with Gasteiger partial charge in [0.25, 0.3) is 0 Å². The summed E-state index contributed by atoms with van der Waals surface area (Å²) in [5.41, 5.74) is 0. The fourth-order valence-electron chi connectivity index (χ4n) is 1.55. The number of ether oxygens (including phenoxy) is 2. The van der Waals surface area contributed by atoms with E-state index in [0.29, 0.717) is 12.4 Å². The summed E-state index contributed by atoms with van der Waals surface area (Å²) >= 11 is 3.03. The predicted octanol–water partition coefficient (Wildman–Crippen LogP) is 4.12. The van der Waals surface area contributed by atoms with Crippen molar-refractivity contribution in [2.24, 2.45) is 0 Å². The van der Waals surface area contributed by atoms with Gasteiger partial charge in [0.15, 0.2) is 0 Å². The lowest BCUT2D eigenvalue weighted by molar-refractivity contribution is -0.274. The summed E-state index contributed by atoms with van der Waals surface area (Å²) < 4.78 is 45.8. The molecule has 0 aliphatic rings. The SMILES string of the molecule is CNCCCCCOc1ccc(OC(F)(F)F)c(Br)c1. The van der Waals surface area contributed by atoms with Gasteiger partial charge in [-0.3, -0.25) is 0 Å². The number of hydrogen-bond acceptors (Lipinski definition) is 3. The minimum absolute atomic E-state index is 0.211. The Balaban J connectivity index is 2.39. The minimum Gasteiger partial charge on any atom is -0.494 e. The van der Waals surface area contributed by atoms with E-state index in [1.54, 1.807) is 0 Å². The standard InChI is InChI=1S/C13H17BrF3NO2/c1-18-7-3-2-4-8-19-10-5-6-12(11(14)9-10)20-13(15,16)17/h5-6,9,18H,2-4,7-8H2,1H3. The molecule has 0 radical (unpaired) electrons. The van der Waals surface area contributed by atoms with Crippen LogP contribution in [0.1, 0.15) is 19.3 Å². The highest BCUT2D eigenvalue weighted by atomic mass is 79.9. The Bertz CT molecular complexity index is 413. The van der Waals surface area contributed by atoms with E-state index in [1.807, 2.05) is 7.05 Å². The number of unbranched alkanes of at least 4 members (excludes halogenated alkanes) is 2. The van der Waals surface area contributed by atoms with Gasteiger partial charge in [-0.1, -0.05) is 0 Å². The van der Waals surface area contributed by atoms with Crippen molar-refractivity contribution in [2.45, 2.75) is 25.6 Å². The van der Waals surface area contributed by atoms with Crippen molar-refractivity contribution in [1.82, 2.24) is 5.32 Å². The molecular weight excluding hydrogens is 339 g/mol. The van der Waals surface area contributed by atoms with Crippen molar-refractivity contribution in [1.29, 1.82) is 0 Å². The zero-order valence-corrected chi connectivity index (χ0v) is 12.7. The third-order valence-corrected chi connectivity index (χ3v) is 3.09. The molecular formula is C13H17BrF3NO2. The second-order valence-electron chi connectivity index (χ2n) is 4.15. The van der Waals surface area contributed by atoms with Gasteiger partial charge in [0.1, 0.15) is 11.5 Å². The van der Waals surface area contributed by atoms with Crippen molar-refractivity contribution in [3.05, 3.63) is 22.7 Å². The molecule has 7 heteroatoms. The molecule has 0 bridgehead atoms. The average molecular weight is 356 g/mol. The molecule has 0 aliphatic heterocycles. The second-order valence-corrected chi connectivity index (χ2v) is 5.01. The van der Waals surface area contributed by atoms with Crippen LogP contribution in [0.4, 0.5) is 13.2 Å². The molecule has 1 rings (SSSR count). The van der Waals surface area contributed by atoms with Gasteiger partial charge in [0.05, 0.1) is 11.1 Å². The smallest absolute Gasteiger partial charge is 0.494 e. The lowest BCUT2D eigenvalue weighted by Crippen LogP contribution is -2.17. The molecule has 0 saturated heterocycles. The van der Waals surface area contributed by atoms with E-state index in [0.717, 1.165) is 25.8 Å². The first-order chi connectivity index (χ1) is 9.42. The molecule has 0 unspecified atom stereocenters. The van der Waals surface area contributed by atoms with Crippen LogP contribution in [0.2, 0.25) is 0 Å². The van der Waals surface area contributed by atoms with Crippen LogP contribution in [-0.2, 0) is 0 Å². The third kappa shape index (κ3) is 7.00. The lowest BCUT2D eigenvalue weighted by atomic mass is 10.2. The highest BCUT2D eigenvalue weighted by Gasteiger charge is 2.31. The molecule has 0 spiro atoms. The first-order valence-corrected chi connectivity index (χ1v) is 7.04. The van der Waals surface area contributed by atoms with E-state index in [1.165, 1.54) is 18.2 Å². The van der Waals surface area contributed by atoms with Gasteiger partial charge in [-0.25, -0.2) is 0 Å². The van der Waals surface area contributed by atoms with Crippen LogP contribution < -0.4 is 14.8 Å². The summed E-state index contributed by atoms with van der Waals surface area (Å²) in [6.07, 6.45) is -1.68. The number of halogens is 4. The van der Waals surface area contributed by atoms with Crippen molar-refractivity contribution in [3.63, 3.8) is 0 Å². The molecule has 114 valence electrons. The number of benzene rings is 1. The topological polar surface area (TPSA) is 30.5 Å². The number of nitrogens with one attached hydrogen (secondary N) is 1. The van der Waals surface area contributed by atoms with Gasteiger partial charge in [-0.05, 0) is 67.0 Å². The van der Waals surface area contributed by atoms with Crippen LogP contribution in [0.15, 0.2) is 22.7 Å². The van der Waals surface area contributed by atoms with E-state index in [9.17, 15) is 13.2 Å². The molecule has 0 atom stereocenters. The highest BCUT2D eigenvalue weighted by molar-refractivity contribution is 9.10. The largest absolute Gasteiger partial charge is 0.573 e. The van der Waals surface area contributed by atoms with Crippen LogP contribution >= 0.6 is 15.9 Å². The van der Waals surface area contributed by atoms with Gasteiger partial charge in [0, 0.05) is 0 Å². The molecule has 3 nitrogen and oxygen atoms in total. The average Bonchev–Trinajstić information content (AvgIpc) is 2.35. The summed E-state index contributed by atoms with van der Waals surface area (Å²) in [7, 11) is 1.90. The fourth-order valence-corrected chi connectivity index (χ4v) is 1.99. The maximum atomic E-state index is 12.1. The van der Waals surface area contributed by atoms with E-state index >= 15 is 0 Å². The van der Waals surface area contributed by atoms with Gasteiger partial charge in [0.2, 0.25) is 0 Å². The number of rotatable bonds is 8. The molecule has 1 aromatic rings. The van der Waals surface area contributed by atoms with E-state index in [-0.39, 0.29) is 10.2 Å². The zero-order valence-electron chi connectivity index (χ0n) is 11.1. The lowest BCUT2D eigenvalue weighted by Gasteiger charge is -2.12. The summed E-state index contributed by atoms with van der Waals surface area (Å²) in [4.78, 5) is 0. The summed E-state index contributed by atoms with van der Waals surface area (Å²) in [5.74, 6) is 0.235. The van der Waals surface area contributed by atoms with Crippen LogP contribution in [0.3, 0.4) is 0 Å². The van der Waals surface area contributed by atoms with Crippen molar-refractivity contribution in [2.75, 3.05) is 20.2 Å². The van der Waals surface area contributed by atoms with Crippen LogP contribution in [0.25, 0.3) is 0 Å². The molecule has 1 aromatic carbocycles. The summed E-state index contributed by atoms with van der Waals surface area (Å²) in [5, 5.41) is 3.06. The van der Waals surface area contributed by atoms with Gasteiger partial charge < -0.3 is 14.8 Å². The molecule has 20 heavy (non-hydrogen) atoms. The van der Waals surface area contributed by atoms with Gasteiger partial charge in [-0.2, -0.15) is 0 Å². The Morgan fingerprint density at radius 2 is 1.95 bits per heavy atom. The summed E-state index contributed by atoms with van der Waals surface area (Å²) in [6.45, 7) is 1.50. The maximum Gasteiger partial charge on any atom is 0.573 e. The Hall–Kier alpha value is -0.950. The Kier molecular flexibility index (Phi) is 7.15. The predicted molar refractivity (Wildman–Crippen MR) is 74.1 cm³/mol. The molecule has 0 saturated carbocycles. The monoisotopic (exact) mass is 355 g/mol. The Morgan fingerprint density at radius 3 is 2.55 bits per heavy atom. The Morgan fingerprint density at radius 1 is 1.20 bits per heavy atom. The van der Waals surface area contributed by atoms with E-state index < -0.39 is 6.36 Å². The molecule has 0 aliphatic carbocycles. The van der Waals surface area contributed by atoms with Crippen LogP contribution in [0, 0.1) is 0 Å².